The predicted octanol–water partition coefficient (Wildman–Crippen LogP) is 2.01. The number of aromatic nitrogens is 2. The normalized spacial score (nSPS) is 30.6. The molecule has 98 valence electrons. The first-order valence-electron chi connectivity index (χ1n) is 7.09. The molecule has 0 saturated carbocycles. The minimum atomic E-state index is 0.211. The summed E-state index contributed by atoms with van der Waals surface area (Å²) in [7, 11) is 0. The van der Waals surface area contributed by atoms with Crippen molar-refractivity contribution < 1.29 is 4.79 Å². The standard InChI is InChI=1S/C14H21N3O/c1-2-5-17-9-11(8-15-17)14(18)10-6-12-3-4-13(7-10)16-12/h8-10,12-13,16H,2-7H2,1H3. The minimum Gasteiger partial charge on any atom is -0.311 e. The molecule has 4 heteroatoms. The van der Waals surface area contributed by atoms with E-state index in [9.17, 15) is 4.79 Å². The molecule has 2 saturated heterocycles. The van der Waals surface area contributed by atoms with E-state index >= 15 is 0 Å². The fourth-order valence-corrected chi connectivity index (χ4v) is 3.35. The number of hydrogen-bond donors (Lipinski definition) is 1. The lowest BCUT2D eigenvalue weighted by Gasteiger charge is -2.27. The van der Waals surface area contributed by atoms with Crippen molar-refractivity contribution in [2.75, 3.05) is 0 Å². The summed E-state index contributed by atoms with van der Waals surface area (Å²) in [6.45, 7) is 3.01. The fraction of sp³-hybridized carbons (Fsp3) is 0.714. The molecule has 3 rings (SSSR count). The summed E-state index contributed by atoms with van der Waals surface area (Å²) >= 11 is 0. The van der Waals surface area contributed by atoms with Gasteiger partial charge in [-0.1, -0.05) is 6.92 Å². The number of fused-ring (bicyclic) bond motifs is 2. The summed E-state index contributed by atoms with van der Waals surface area (Å²) in [6, 6.07) is 1.15. The summed E-state index contributed by atoms with van der Waals surface area (Å²) in [4.78, 5) is 12.5. The van der Waals surface area contributed by atoms with Gasteiger partial charge in [-0.2, -0.15) is 5.10 Å². The number of nitrogens with one attached hydrogen (secondary N) is 1. The second-order valence-electron chi connectivity index (χ2n) is 5.66. The van der Waals surface area contributed by atoms with Gasteiger partial charge in [-0.05, 0) is 32.1 Å². The van der Waals surface area contributed by atoms with Crippen molar-refractivity contribution in [3.63, 3.8) is 0 Å². The van der Waals surface area contributed by atoms with E-state index in [4.69, 9.17) is 0 Å². The van der Waals surface area contributed by atoms with Gasteiger partial charge in [0.25, 0.3) is 0 Å². The lowest BCUT2D eigenvalue weighted by atomic mass is 9.87. The zero-order chi connectivity index (χ0) is 12.5. The van der Waals surface area contributed by atoms with Crippen LogP contribution in [0.4, 0.5) is 0 Å². The topological polar surface area (TPSA) is 46.9 Å². The third-order valence-corrected chi connectivity index (χ3v) is 4.21. The molecule has 18 heavy (non-hydrogen) atoms. The molecule has 0 spiro atoms. The highest BCUT2D eigenvalue weighted by Crippen LogP contribution is 2.32. The monoisotopic (exact) mass is 247 g/mol. The molecule has 2 unspecified atom stereocenters. The molecule has 2 atom stereocenters. The molecule has 2 fully saturated rings. The first kappa shape index (κ1) is 11.9. The van der Waals surface area contributed by atoms with Gasteiger partial charge in [0.15, 0.2) is 5.78 Å². The number of rotatable bonds is 4. The Morgan fingerprint density at radius 3 is 2.83 bits per heavy atom. The maximum absolute atomic E-state index is 12.5. The van der Waals surface area contributed by atoms with E-state index in [0.717, 1.165) is 31.4 Å². The smallest absolute Gasteiger partial charge is 0.169 e. The summed E-state index contributed by atoms with van der Waals surface area (Å²) in [6.07, 6.45) is 9.19. The van der Waals surface area contributed by atoms with Crippen molar-refractivity contribution in [2.45, 2.75) is 57.7 Å². The van der Waals surface area contributed by atoms with Crippen molar-refractivity contribution in [2.24, 2.45) is 5.92 Å². The fourth-order valence-electron chi connectivity index (χ4n) is 3.35. The Hall–Kier alpha value is -1.16. The Morgan fingerprint density at radius 1 is 1.44 bits per heavy atom. The molecule has 3 heterocycles. The number of piperidine rings is 1. The number of ketones is 1. The average molecular weight is 247 g/mol. The van der Waals surface area contributed by atoms with E-state index in [-0.39, 0.29) is 5.92 Å². The van der Waals surface area contributed by atoms with Crippen LogP contribution >= 0.6 is 0 Å². The Kier molecular flexibility index (Phi) is 3.20. The number of carbonyl (C=O) groups is 1. The highest BCUT2D eigenvalue weighted by molar-refractivity contribution is 5.97. The third kappa shape index (κ3) is 2.21. The van der Waals surface area contributed by atoms with E-state index < -0.39 is 0 Å². The SMILES string of the molecule is CCCn1cc(C(=O)C2CC3CCC(C2)N3)cn1. The van der Waals surface area contributed by atoms with Crippen LogP contribution in [0.5, 0.6) is 0 Å². The summed E-state index contributed by atoms with van der Waals surface area (Å²) in [5.74, 6) is 0.513. The van der Waals surface area contributed by atoms with Crippen LogP contribution in [0.1, 0.15) is 49.4 Å². The molecular formula is C14H21N3O. The van der Waals surface area contributed by atoms with E-state index in [1.54, 1.807) is 6.20 Å². The van der Waals surface area contributed by atoms with Crippen LogP contribution in [-0.2, 0) is 6.54 Å². The van der Waals surface area contributed by atoms with Gasteiger partial charge in [-0.3, -0.25) is 9.48 Å². The van der Waals surface area contributed by atoms with Gasteiger partial charge < -0.3 is 5.32 Å². The van der Waals surface area contributed by atoms with E-state index in [1.807, 2.05) is 10.9 Å². The molecule has 2 bridgehead atoms. The summed E-state index contributed by atoms with van der Waals surface area (Å²) in [5.41, 5.74) is 0.801. The number of hydrogen-bond acceptors (Lipinski definition) is 3. The Balaban J connectivity index is 1.69. The molecule has 4 nitrogen and oxygen atoms in total. The first-order valence-corrected chi connectivity index (χ1v) is 7.09. The van der Waals surface area contributed by atoms with Crippen LogP contribution in [0.25, 0.3) is 0 Å². The molecule has 2 aliphatic rings. The molecule has 1 aromatic rings. The maximum Gasteiger partial charge on any atom is 0.169 e. The van der Waals surface area contributed by atoms with E-state index in [2.05, 4.69) is 17.3 Å². The van der Waals surface area contributed by atoms with Crippen molar-refractivity contribution >= 4 is 5.78 Å². The van der Waals surface area contributed by atoms with Gasteiger partial charge in [-0.15, -0.1) is 0 Å². The predicted molar refractivity (Wildman–Crippen MR) is 69.5 cm³/mol. The number of carbonyl (C=O) groups excluding carboxylic acids is 1. The molecule has 1 N–H and O–H groups in total. The third-order valence-electron chi connectivity index (χ3n) is 4.21. The summed E-state index contributed by atoms with van der Waals surface area (Å²) < 4.78 is 1.88. The number of aryl methyl sites for hydroxylation is 1. The minimum absolute atomic E-state index is 0.211. The largest absolute Gasteiger partial charge is 0.311 e. The average Bonchev–Trinajstić information content (AvgIpc) is 2.96. The van der Waals surface area contributed by atoms with Crippen molar-refractivity contribution in [1.29, 1.82) is 0 Å². The maximum atomic E-state index is 12.5. The molecular weight excluding hydrogens is 226 g/mol. The van der Waals surface area contributed by atoms with Crippen LogP contribution in [0, 0.1) is 5.92 Å². The zero-order valence-corrected chi connectivity index (χ0v) is 10.9. The summed E-state index contributed by atoms with van der Waals surface area (Å²) in [5, 5.41) is 7.83. The van der Waals surface area contributed by atoms with Crippen LogP contribution < -0.4 is 5.32 Å². The Labute approximate surface area is 108 Å². The molecule has 0 radical (unpaired) electrons. The molecule has 0 amide bonds. The Morgan fingerprint density at radius 2 is 2.17 bits per heavy atom. The van der Waals surface area contributed by atoms with Crippen molar-refractivity contribution in [3.8, 4) is 0 Å². The van der Waals surface area contributed by atoms with E-state index in [1.165, 1.54) is 12.8 Å². The van der Waals surface area contributed by atoms with Crippen LogP contribution in [0.3, 0.4) is 0 Å². The first-order chi connectivity index (χ1) is 8.76. The molecule has 1 aromatic heterocycles. The molecule has 0 aliphatic carbocycles. The number of Topliss-reactive ketones (excluding diaryl/α,β-unsaturated/α-hetero) is 1. The quantitative estimate of drug-likeness (QED) is 0.828. The number of nitrogens with zero attached hydrogens (tertiary/aromatic N) is 2. The van der Waals surface area contributed by atoms with Gasteiger partial charge in [-0.25, -0.2) is 0 Å². The van der Waals surface area contributed by atoms with Gasteiger partial charge in [0.1, 0.15) is 0 Å². The highest BCUT2D eigenvalue weighted by atomic mass is 16.1. The molecule has 0 aromatic carbocycles. The lowest BCUT2D eigenvalue weighted by Crippen LogP contribution is -2.40. The van der Waals surface area contributed by atoms with Gasteiger partial charge >= 0.3 is 0 Å². The highest BCUT2D eigenvalue weighted by Gasteiger charge is 2.37. The van der Waals surface area contributed by atoms with Gasteiger partial charge in [0, 0.05) is 30.7 Å². The van der Waals surface area contributed by atoms with Gasteiger partial charge in [0.2, 0.25) is 0 Å². The van der Waals surface area contributed by atoms with Gasteiger partial charge in [0.05, 0.1) is 11.8 Å². The van der Waals surface area contributed by atoms with Crippen LogP contribution in [0.2, 0.25) is 0 Å². The van der Waals surface area contributed by atoms with Crippen LogP contribution in [-0.4, -0.2) is 27.6 Å². The van der Waals surface area contributed by atoms with Crippen molar-refractivity contribution in [3.05, 3.63) is 18.0 Å². The second-order valence-corrected chi connectivity index (χ2v) is 5.66. The van der Waals surface area contributed by atoms with Crippen LogP contribution in [0.15, 0.2) is 12.4 Å². The lowest BCUT2D eigenvalue weighted by molar-refractivity contribution is 0.0875. The zero-order valence-electron chi connectivity index (χ0n) is 10.9. The second kappa shape index (κ2) is 4.84. The Bertz CT molecular complexity index is 428. The van der Waals surface area contributed by atoms with E-state index in [0.29, 0.717) is 17.9 Å². The molecule has 2 aliphatic heterocycles. The van der Waals surface area contributed by atoms with Crippen molar-refractivity contribution in [1.82, 2.24) is 15.1 Å².